The average Bonchev–Trinajstić information content (AvgIpc) is 2.78. The molecule has 2 aliphatic heterocycles. The Kier molecular flexibility index (Phi) is 6.67. The number of piperidine rings is 2. The average molecular weight is 434 g/mol. The summed E-state index contributed by atoms with van der Waals surface area (Å²) < 4.78 is 0. The maximum atomic E-state index is 6.22. The molecule has 7 nitrogen and oxygen atoms in total. The highest BCUT2D eigenvalue weighted by atomic mass is 35.5. The lowest BCUT2D eigenvalue weighted by molar-refractivity contribution is 0.556. The van der Waals surface area contributed by atoms with E-state index in [-0.39, 0.29) is 0 Å². The van der Waals surface area contributed by atoms with E-state index in [0.29, 0.717) is 16.0 Å². The Morgan fingerprint density at radius 3 is 2.00 bits per heavy atom. The predicted molar refractivity (Wildman–Crippen MR) is 120 cm³/mol. The van der Waals surface area contributed by atoms with Gasteiger partial charge in [-0.3, -0.25) is 0 Å². The van der Waals surface area contributed by atoms with Crippen LogP contribution in [0, 0.1) is 0 Å². The third-order valence-corrected chi connectivity index (χ3v) is 6.07. The van der Waals surface area contributed by atoms with Crippen LogP contribution in [0.25, 0.3) is 0 Å². The van der Waals surface area contributed by atoms with Crippen LogP contribution >= 0.6 is 23.2 Å². The van der Waals surface area contributed by atoms with Crippen molar-refractivity contribution in [1.82, 2.24) is 15.0 Å². The quantitative estimate of drug-likeness (QED) is 0.548. The number of benzene rings is 1. The highest BCUT2D eigenvalue weighted by Gasteiger charge is 2.20. The second-order valence-corrected chi connectivity index (χ2v) is 8.15. The molecule has 4 rings (SSSR count). The summed E-state index contributed by atoms with van der Waals surface area (Å²) in [5.41, 5.74) is 3.68. The second-order valence-electron chi connectivity index (χ2n) is 7.37. The third-order valence-electron chi connectivity index (χ3n) is 5.24. The summed E-state index contributed by atoms with van der Waals surface area (Å²) in [6.45, 7) is 3.91. The molecule has 154 valence electrons. The molecule has 2 fully saturated rings. The highest BCUT2D eigenvalue weighted by molar-refractivity contribution is 6.43. The minimum absolute atomic E-state index is 0.440. The van der Waals surface area contributed by atoms with Crippen LogP contribution < -0.4 is 15.2 Å². The fourth-order valence-electron chi connectivity index (χ4n) is 3.65. The highest BCUT2D eigenvalue weighted by Crippen LogP contribution is 2.25. The molecule has 0 unspecified atom stereocenters. The van der Waals surface area contributed by atoms with Crippen molar-refractivity contribution in [3.05, 3.63) is 33.8 Å². The lowest BCUT2D eigenvalue weighted by Crippen LogP contribution is -2.34. The van der Waals surface area contributed by atoms with E-state index in [4.69, 9.17) is 28.2 Å². The maximum Gasteiger partial charge on any atom is 0.250 e. The van der Waals surface area contributed by atoms with Crippen LogP contribution in [0.1, 0.15) is 44.1 Å². The Bertz CT molecular complexity index is 826. The van der Waals surface area contributed by atoms with Crippen molar-refractivity contribution in [1.29, 1.82) is 0 Å². The van der Waals surface area contributed by atoms with E-state index in [1.54, 1.807) is 12.3 Å². The van der Waals surface area contributed by atoms with Gasteiger partial charge < -0.3 is 9.80 Å². The fraction of sp³-hybridized carbons (Fsp3) is 0.500. The molecule has 0 spiro atoms. The van der Waals surface area contributed by atoms with E-state index < -0.39 is 0 Å². The molecule has 0 saturated carbocycles. The lowest BCUT2D eigenvalue weighted by Gasteiger charge is -2.30. The van der Waals surface area contributed by atoms with Gasteiger partial charge in [0.15, 0.2) is 0 Å². The van der Waals surface area contributed by atoms with Crippen molar-refractivity contribution in [2.24, 2.45) is 5.10 Å². The van der Waals surface area contributed by atoms with Gasteiger partial charge in [0.1, 0.15) is 0 Å². The van der Waals surface area contributed by atoms with Crippen molar-refractivity contribution in [2.75, 3.05) is 41.4 Å². The third kappa shape index (κ3) is 5.08. The first kappa shape index (κ1) is 20.2. The first-order valence-corrected chi connectivity index (χ1v) is 11.0. The van der Waals surface area contributed by atoms with Crippen LogP contribution in [0.3, 0.4) is 0 Å². The number of nitrogens with zero attached hydrogens (tertiary/aromatic N) is 6. The second kappa shape index (κ2) is 9.59. The Balaban J connectivity index is 1.57. The Hall–Kier alpha value is -2.12. The molecule has 2 saturated heterocycles. The molecule has 2 aromatic rings. The number of hydrazone groups is 1. The van der Waals surface area contributed by atoms with Gasteiger partial charge in [-0.05, 0) is 44.6 Å². The zero-order valence-electron chi connectivity index (χ0n) is 16.3. The summed E-state index contributed by atoms with van der Waals surface area (Å²) in [5.74, 6) is 1.88. The Morgan fingerprint density at radius 1 is 0.828 bits per heavy atom. The predicted octanol–water partition coefficient (Wildman–Crippen LogP) is 4.61. The minimum Gasteiger partial charge on any atom is -0.341 e. The van der Waals surface area contributed by atoms with Crippen LogP contribution in [-0.2, 0) is 0 Å². The topological polar surface area (TPSA) is 69.5 Å². The van der Waals surface area contributed by atoms with Gasteiger partial charge in [0.05, 0.1) is 16.3 Å². The number of hydrogen-bond acceptors (Lipinski definition) is 7. The molecular formula is C20H25Cl2N7. The van der Waals surface area contributed by atoms with Gasteiger partial charge >= 0.3 is 0 Å². The van der Waals surface area contributed by atoms with Crippen LogP contribution in [0.4, 0.5) is 17.8 Å². The maximum absolute atomic E-state index is 6.22. The summed E-state index contributed by atoms with van der Waals surface area (Å²) in [4.78, 5) is 18.5. The molecule has 29 heavy (non-hydrogen) atoms. The molecule has 1 aromatic heterocycles. The molecule has 1 aromatic carbocycles. The van der Waals surface area contributed by atoms with Gasteiger partial charge in [-0.15, -0.1) is 0 Å². The Labute approximate surface area is 181 Å². The SMILES string of the molecule is Clc1cccc(C=NNc2nc(N3CCCCC3)nc(N3CCCCC3)n2)c1Cl. The summed E-state index contributed by atoms with van der Waals surface area (Å²) in [6.07, 6.45) is 8.81. The van der Waals surface area contributed by atoms with E-state index in [0.717, 1.165) is 43.6 Å². The van der Waals surface area contributed by atoms with Gasteiger partial charge in [0.25, 0.3) is 0 Å². The molecule has 9 heteroatoms. The van der Waals surface area contributed by atoms with Crippen LogP contribution in [0.5, 0.6) is 0 Å². The largest absolute Gasteiger partial charge is 0.341 e. The smallest absolute Gasteiger partial charge is 0.250 e. The molecule has 0 bridgehead atoms. The number of halogens is 2. The fourth-order valence-corrected chi connectivity index (χ4v) is 4.01. The molecular weight excluding hydrogens is 409 g/mol. The summed E-state index contributed by atoms with van der Waals surface area (Å²) in [6, 6.07) is 5.43. The van der Waals surface area contributed by atoms with Gasteiger partial charge in [-0.1, -0.05) is 35.3 Å². The summed E-state index contributed by atoms with van der Waals surface area (Å²) >= 11 is 12.3. The monoisotopic (exact) mass is 433 g/mol. The summed E-state index contributed by atoms with van der Waals surface area (Å²) in [5, 5.41) is 5.24. The zero-order valence-corrected chi connectivity index (χ0v) is 17.8. The van der Waals surface area contributed by atoms with Crippen molar-refractivity contribution < 1.29 is 0 Å². The van der Waals surface area contributed by atoms with Crippen LogP contribution in [0.2, 0.25) is 10.0 Å². The van der Waals surface area contributed by atoms with Gasteiger partial charge in [0.2, 0.25) is 17.8 Å². The van der Waals surface area contributed by atoms with E-state index in [2.05, 4.69) is 30.3 Å². The van der Waals surface area contributed by atoms with Gasteiger partial charge in [-0.25, -0.2) is 5.43 Å². The number of rotatable bonds is 5. The van der Waals surface area contributed by atoms with Crippen LogP contribution in [-0.4, -0.2) is 47.3 Å². The van der Waals surface area contributed by atoms with Crippen molar-refractivity contribution in [2.45, 2.75) is 38.5 Å². The van der Waals surface area contributed by atoms with E-state index in [1.807, 2.05) is 12.1 Å². The molecule has 0 amide bonds. The van der Waals surface area contributed by atoms with Gasteiger partial charge in [0, 0.05) is 31.7 Å². The molecule has 2 aliphatic rings. The number of hydrogen-bond donors (Lipinski definition) is 1. The van der Waals surface area contributed by atoms with Gasteiger partial charge in [-0.2, -0.15) is 20.1 Å². The zero-order chi connectivity index (χ0) is 20.1. The number of nitrogens with one attached hydrogen (secondary N) is 1. The molecule has 3 heterocycles. The van der Waals surface area contributed by atoms with Crippen molar-refractivity contribution >= 4 is 47.3 Å². The minimum atomic E-state index is 0.440. The van der Waals surface area contributed by atoms with E-state index in [1.165, 1.54) is 38.5 Å². The summed E-state index contributed by atoms with van der Waals surface area (Å²) in [7, 11) is 0. The number of anilines is 3. The lowest BCUT2D eigenvalue weighted by atomic mass is 10.1. The first-order chi connectivity index (χ1) is 14.2. The molecule has 0 aliphatic carbocycles. The van der Waals surface area contributed by atoms with Crippen molar-refractivity contribution in [3.8, 4) is 0 Å². The van der Waals surface area contributed by atoms with E-state index >= 15 is 0 Å². The standard InChI is InChI=1S/C20H25Cl2N7/c21-16-9-7-8-15(17(16)22)14-23-27-18-24-19(28-10-3-1-4-11-28)26-20(25-18)29-12-5-2-6-13-29/h7-9,14H,1-6,10-13H2,(H,24,25,26,27). The first-order valence-electron chi connectivity index (χ1n) is 10.2. The Morgan fingerprint density at radius 2 is 1.41 bits per heavy atom. The number of aromatic nitrogens is 3. The van der Waals surface area contributed by atoms with E-state index in [9.17, 15) is 0 Å². The molecule has 0 radical (unpaired) electrons. The van der Waals surface area contributed by atoms with Crippen LogP contribution in [0.15, 0.2) is 23.3 Å². The normalized spacial score (nSPS) is 17.7. The molecule has 0 atom stereocenters. The van der Waals surface area contributed by atoms with Crippen molar-refractivity contribution in [3.63, 3.8) is 0 Å². The molecule has 1 N–H and O–H groups in total.